The third kappa shape index (κ3) is 1.36. The van der Waals surface area contributed by atoms with Crippen molar-refractivity contribution < 1.29 is 21.3 Å². The van der Waals surface area contributed by atoms with E-state index in [0.29, 0.717) is 11.8 Å². The molecule has 0 amide bonds. The second kappa shape index (κ2) is 3.70. The average Bonchev–Trinajstić information content (AvgIpc) is 2.62. The quantitative estimate of drug-likeness (QED) is 0.691. The van der Waals surface area contributed by atoms with Crippen molar-refractivity contribution in [1.82, 2.24) is 0 Å². The molecule has 0 aromatic carbocycles. The molecule has 2 nitrogen and oxygen atoms in total. The van der Waals surface area contributed by atoms with Gasteiger partial charge in [0.1, 0.15) is 0 Å². The molecule has 0 N–H and O–H groups in total. The molecular formula is C9H10CoO2. The van der Waals surface area contributed by atoms with Gasteiger partial charge in [-0.1, -0.05) is 0 Å². The Hall–Kier alpha value is -0.854. The van der Waals surface area contributed by atoms with E-state index < -0.39 is 11.7 Å². The molecule has 0 aliphatic heterocycles. The van der Waals surface area contributed by atoms with Gasteiger partial charge in [-0.15, -0.1) is 0 Å². The molecule has 0 saturated heterocycles. The maximum absolute atomic E-state index is 10.7. The van der Waals surface area contributed by atoms with Crippen LogP contribution in [-0.2, 0) is 21.3 Å². The van der Waals surface area contributed by atoms with E-state index in [9.17, 15) is 9.59 Å². The third-order valence-corrected chi connectivity index (χ3v) is 5.02. The van der Waals surface area contributed by atoms with E-state index in [1.54, 1.807) is 0 Å². The zero-order valence-corrected chi connectivity index (χ0v) is 7.84. The summed E-state index contributed by atoms with van der Waals surface area (Å²) in [5, 5.41) is 0.547. The molecule has 0 fully saturated rings. The van der Waals surface area contributed by atoms with E-state index in [1.165, 1.54) is 0 Å². The van der Waals surface area contributed by atoms with E-state index in [4.69, 9.17) is 0 Å². The third-order valence-electron chi connectivity index (χ3n) is 1.66. The molecule has 67 valence electrons. The van der Waals surface area contributed by atoms with Crippen LogP contribution < -0.4 is 0 Å². The first-order valence-corrected chi connectivity index (χ1v) is 5.87. The molecule has 0 saturated carbocycles. The van der Waals surface area contributed by atoms with Gasteiger partial charge in [0.2, 0.25) is 0 Å². The monoisotopic (exact) mass is 209 g/mol. The number of rotatable bonds is 2. The molecule has 0 aromatic rings. The van der Waals surface area contributed by atoms with Gasteiger partial charge < -0.3 is 0 Å². The summed E-state index contributed by atoms with van der Waals surface area (Å²) in [7, 11) is 0. The molecule has 12 heavy (non-hydrogen) atoms. The van der Waals surface area contributed by atoms with Gasteiger partial charge in [-0.2, -0.15) is 0 Å². The molecule has 0 unspecified atom stereocenters. The molecule has 0 radical (unpaired) electrons. The summed E-state index contributed by atoms with van der Waals surface area (Å²) in [6, 6.07) is 0. The Morgan fingerprint density at radius 2 is 2.17 bits per heavy atom. The summed E-state index contributed by atoms with van der Waals surface area (Å²) in [4.78, 5) is 25.1. The topological polar surface area (TPSA) is 34.1 Å². The fourth-order valence-electron chi connectivity index (χ4n) is 0.971. The standard InChI is InChI=1S/C5H5.C2H5.2CO.Co/c1-2-4-5-3-1;3*1-2;/h1-3H,4H2;1H2,2H3;;;. The zero-order chi connectivity index (χ0) is 9.03. The van der Waals surface area contributed by atoms with Gasteiger partial charge in [0, 0.05) is 0 Å². The van der Waals surface area contributed by atoms with Crippen molar-refractivity contribution in [3.05, 3.63) is 22.7 Å². The van der Waals surface area contributed by atoms with Crippen molar-refractivity contribution >= 4 is 9.65 Å². The summed E-state index contributed by atoms with van der Waals surface area (Å²) in [5.74, 6) is 0. The van der Waals surface area contributed by atoms with Crippen LogP contribution >= 0.6 is 0 Å². The Balaban J connectivity index is 3.33. The molecule has 0 bridgehead atoms. The van der Waals surface area contributed by atoms with Gasteiger partial charge in [-0.05, 0) is 0 Å². The second-order valence-electron chi connectivity index (χ2n) is 2.19. The van der Waals surface area contributed by atoms with Crippen LogP contribution in [0.4, 0.5) is 0 Å². The first-order chi connectivity index (χ1) is 5.79. The Kier molecular flexibility index (Phi) is 2.85. The number of carbonyl (C=O) groups excluding carboxylic acids is 2. The molecule has 0 aromatic heterocycles. The summed E-state index contributed by atoms with van der Waals surface area (Å²) in [6.07, 6.45) is 6.36. The van der Waals surface area contributed by atoms with Crippen LogP contribution in [0.2, 0.25) is 5.36 Å². The molecule has 1 aliphatic rings. The molecule has 3 heteroatoms. The van der Waals surface area contributed by atoms with Gasteiger partial charge in [-0.3, -0.25) is 0 Å². The van der Waals surface area contributed by atoms with E-state index >= 15 is 0 Å². The van der Waals surface area contributed by atoms with E-state index in [0.717, 1.165) is 4.51 Å². The van der Waals surface area contributed by atoms with Crippen LogP contribution in [0.15, 0.2) is 22.7 Å². The fourth-order valence-corrected chi connectivity index (χ4v) is 2.94. The van der Waals surface area contributed by atoms with Crippen molar-refractivity contribution in [2.45, 2.75) is 18.7 Å². The number of allylic oxidation sites excluding steroid dienone is 4. The zero-order valence-electron chi connectivity index (χ0n) is 6.80. The van der Waals surface area contributed by atoms with Crippen molar-refractivity contribution in [3.8, 4) is 0 Å². The van der Waals surface area contributed by atoms with Crippen molar-refractivity contribution in [1.29, 1.82) is 0 Å². The van der Waals surface area contributed by atoms with Crippen LogP contribution in [0.5, 0.6) is 0 Å². The second-order valence-corrected chi connectivity index (χ2v) is 5.91. The minimum atomic E-state index is -2.28. The van der Waals surface area contributed by atoms with Crippen molar-refractivity contribution in [2.24, 2.45) is 0 Å². The molecule has 1 aliphatic carbocycles. The van der Waals surface area contributed by atoms with Gasteiger partial charge in [0.25, 0.3) is 0 Å². The summed E-state index contributed by atoms with van der Waals surface area (Å²) < 4.78 is 0.910. The van der Waals surface area contributed by atoms with E-state index in [1.807, 2.05) is 34.8 Å². The van der Waals surface area contributed by atoms with Gasteiger partial charge in [-0.25, -0.2) is 0 Å². The molecule has 0 atom stereocenters. The Bertz CT molecular complexity index is 376. The SMILES string of the molecule is C[CH2][Co](=[C]=O)(=[C]=O)[C]1=CC=CC1. The molecule has 1 rings (SSSR count). The number of hydrogen-bond acceptors (Lipinski definition) is 2. The van der Waals surface area contributed by atoms with Crippen molar-refractivity contribution in [3.63, 3.8) is 0 Å². The van der Waals surface area contributed by atoms with Crippen LogP contribution in [0, 0.1) is 0 Å². The predicted octanol–water partition coefficient (Wildman–Crippen LogP) is 1.56. The summed E-state index contributed by atoms with van der Waals surface area (Å²) >= 11 is -2.28. The van der Waals surface area contributed by atoms with Gasteiger partial charge in [0.15, 0.2) is 0 Å². The van der Waals surface area contributed by atoms with Crippen LogP contribution in [-0.4, -0.2) is 9.65 Å². The normalized spacial score (nSPS) is 16.6. The summed E-state index contributed by atoms with van der Waals surface area (Å²) in [6.45, 7) is 1.84. The van der Waals surface area contributed by atoms with Crippen molar-refractivity contribution in [2.75, 3.05) is 0 Å². The van der Waals surface area contributed by atoms with Gasteiger partial charge in [0.05, 0.1) is 0 Å². The fraction of sp³-hybridized carbons (Fsp3) is 0.333. The first kappa shape index (κ1) is 9.24. The minimum absolute atomic E-state index is 0.547. The Morgan fingerprint density at radius 1 is 1.50 bits per heavy atom. The number of hydrogen-bond donors (Lipinski definition) is 0. The van der Waals surface area contributed by atoms with Gasteiger partial charge >= 0.3 is 72.4 Å². The average molecular weight is 209 g/mol. The summed E-state index contributed by atoms with van der Waals surface area (Å²) in [5.41, 5.74) is 0. The van der Waals surface area contributed by atoms with E-state index in [2.05, 4.69) is 0 Å². The predicted molar refractivity (Wildman–Crippen MR) is 43.7 cm³/mol. The molecular weight excluding hydrogens is 199 g/mol. The van der Waals surface area contributed by atoms with Crippen LogP contribution in [0.3, 0.4) is 0 Å². The molecule has 0 spiro atoms. The Labute approximate surface area is 72.8 Å². The Morgan fingerprint density at radius 3 is 2.50 bits per heavy atom. The van der Waals surface area contributed by atoms with Crippen LogP contribution in [0.25, 0.3) is 0 Å². The maximum atomic E-state index is 10.7. The van der Waals surface area contributed by atoms with E-state index in [-0.39, 0.29) is 0 Å². The van der Waals surface area contributed by atoms with Crippen LogP contribution in [0.1, 0.15) is 13.3 Å². The molecule has 0 heterocycles. The first-order valence-electron chi connectivity index (χ1n) is 3.57.